The molecule has 102 valence electrons. The summed E-state index contributed by atoms with van der Waals surface area (Å²) in [5.41, 5.74) is 0. The van der Waals surface area contributed by atoms with Gasteiger partial charge >= 0.3 is 0 Å². The lowest BCUT2D eigenvalue weighted by atomic mass is 10.1. The van der Waals surface area contributed by atoms with E-state index in [1.54, 1.807) is 0 Å². The Labute approximate surface area is 108 Å². The van der Waals surface area contributed by atoms with Crippen LogP contribution >= 0.6 is 0 Å². The molecule has 0 aromatic heterocycles. The van der Waals surface area contributed by atoms with Gasteiger partial charge in [-0.05, 0) is 52.1 Å². The fourth-order valence-electron chi connectivity index (χ4n) is 2.79. The first-order chi connectivity index (χ1) is 8.09. The van der Waals surface area contributed by atoms with Crippen molar-refractivity contribution in [2.24, 2.45) is 5.92 Å². The van der Waals surface area contributed by atoms with E-state index < -0.39 is 0 Å². The van der Waals surface area contributed by atoms with Crippen LogP contribution in [0.2, 0.25) is 0 Å². The molecule has 0 aromatic rings. The van der Waals surface area contributed by atoms with Crippen LogP contribution in [0.25, 0.3) is 0 Å². The van der Waals surface area contributed by atoms with E-state index in [9.17, 15) is 0 Å². The quantitative estimate of drug-likeness (QED) is 0.655. The molecule has 0 spiro atoms. The number of hydrogen-bond donors (Lipinski definition) is 1. The zero-order chi connectivity index (χ0) is 12.7. The van der Waals surface area contributed by atoms with Crippen LogP contribution in [0.5, 0.6) is 0 Å². The van der Waals surface area contributed by atoms with Gasteiger partial charge in [0.2, 0.25) is 0 Å². The molecule has 0 aliphatic heterocycles. The summed E-state index contributed by atoms with van der Waals surface area (Å²) in [7, 11) is 2.30. The van der Waals surface area contributed by atoms with Gasteiger partial charge in [0.1, 0.15) is 0 Å². The molecule has 0 bridgehead atoms. The van der Waals surface area contributed by atoms with E-state index in [-0.39, 0.29) is 0 Å². The highest BCUT2D eigenvalue weighted by molar-refractivity contribution is 4.73. The Kier molecular flexibility index (Phi) is 7.14. The van der Waals surface area contributed by atoms with Crippen LogP contribution in [0.4, 0.5) is 0 Å². The molecule has 1 aliphatic rings. The van der Waals surface area contributed by atoms with Gasteiger partial charge in [0.25, 0.3) is 0 Å². The summed E-state index contributed by atoms with van der Waals surface area (Å²) >= 11 is 0. The monoisotopic (exact) mass is 240 g/mol. The van der Waals surface area contributed by atoms with Gasteiger partial charge in [-0.25, -0.2) is 0 Å². The predicted molar refractivity (Wildman–Crippen MR) is 76.4 cm³/mol. The minimum Gasteiger partial charge on any atom is -0.315 e. The smallest absolute Gasteiger partial charge is 0.00644 e. The Morgan fingerprint density at radius 2 is 1.82 bits per heavy atom. The van der Waals surface area contributed by atoms with Crippen LogP contribution in [-0.4, -0.2) is 37.1 Å². The molecule has 0 amide bonds. The first-order valence-corrected chi connectivity index (χ1v) is 7.53. The molecule has 0 saturated heterocycles. The second-order valence-corrected chi connectivity index (χ2v) is 6.19. The van der Waals surface area contributed by atoms with Crippen molar-refractivity contribution < 1.29 is 0 Å². The third kappa shape index (κ3) is 6.42. The minimum atomic E-state index is 0.626. The maximum absolute atomic E-state index is 3.49. The summed E-state index contributed by atoms with van der Waals surface area (Å²) in [6, 6.07) is 1.37. The Morgan fingerprint density at radius 3 is 2.41 bits per heavy atom. The predicted octanol–water partition coefficient (Wildman–Crippen LogP) is 3.28. The largest absolute Gasteiger partial charge is 0.315 e. The second-order valence-electron chi connectivity index (χ2n) is 6.19. The lowest BCUT2D eigenvalue weighted by molar-refractivity contribution is 0.207. The van der Waals surface area contributed by atoms with E-state index in [1.807, 2.05) is 0 Å². The van der Waals surface area contributed by atoms with Gasteiger partial charge in [0, 0.05) is 18.6 Å². The fourth-order valence-corrected chi connectivity index (χ4v) is 2.79. The normalized spacial score (nSPS) is 19.4. The second kappa shape index (κ2) is 8.10. The van der Waals surface area contributed by atoms with E-state index in [4.69, 9.17) is 0 Å². The molecule has 2 nitrogen and oxygen atoms in total. The Balaban J connectivity index is 2.06. The zero-order valence-electron chi connectivity index (χ0n) is 12.3. The molecule has 1 aliphatic carbocycles. The van der Waals surface area contributed by atoms with Gasteiger partial charge in [-0.2, -0.15) is 0 Å². The third-order valence-electron chi connectivity index (χ3n) is 4.12. The average Bonchev–Trinajstić information content (AvgIpc) is 2.76. The van der Waals surface area contributed by atoms with Crippen LogP contribution in [0.15, 0.2) is 0 Å². The molecular formula is C15H32N2. The van der Waals surface area contributed by atoms with Crippen molar-refractivity contribution in [3.63, 3.8) is 0 Å². The molecule has 1 rings (SSSR count). The number of nitrogens with one attached hydrogen (secondary N) is 1. The van der Waals surface area contributed by atoms with Crippen LogP contribution < -0.4 is 5.32 Å². The summed E-state index contributed by atoms with van der Waals surface area (Å²) in [6.07, 6.45) is 8.48. The maximum atomic E-state index is 3.49. The van der Waals surface area contributed by atoms with Gasteiger partial charge in [-0.1, -0.05) is 26.7 Å². The Bertz CT molecular complexity index is 185. The van der Waals surface area contributed by atoms with Crippen molar-refractivity contribution in [1.82, 2.24) is 10.2 Å². The van der Waals surface area contributed by atoms with Crippen molar-refractivity contribution in [2.75, 3.05) is 20.1 Å². The van der Waals surface area contributed by atoms with E-state index in [0.29, 0.717) is 6.04 Å². The highest BCUT2D eigenvalue weighted by Crippen LogP contribution is 2.25. The molecule has 1 unspecified atom stereocenters. The van der Waals surface area contributed by atoms with Crippen LogP contribution in [0.3, 0.4) is 0 Å². The highest BCUT2D eigenvalue weighted by atomic mass is 15.1. The van der Waals surface area contributed by atoms with E-state index >= 15 is 0 Å². The van der Waals surface area contributed by atoms with Crippen molar-refractivity contribution in [3.8, 4) is 0 Å². The topological polar surface area (TPSA) is 15.3 Å². The van der Waals surface area contributed by atoms with E-state index in [2.05, 4.69) is 38.0 Å². The van der Waals surface area contributed by atoms with Gasteiger partial charge in [0.15, 0.2) is 0 Å². The van der Waals surface area contributed by atoms with Gasteiger partial charge in [-0.15, -0.1) is 0 Å². The zero-order valence-corrected chi connectivity index (χ0v) is 12.3. The van der Waals surface area contributed by atoms with Gasteiger partial charge < -0.3 is 10.2 Å². The molecular weight excluding hydrogens is 208 g/mol. The van der Waals surface area contributed by atoms with Crippen LogP contribution in [-0.2, 0) is 0 Å². The summed E-state index contributed by atoms with van der Waals surface area (Å²) in [4.78, 5) is 2.57. The molecule has 1 fully saturated rings. The number of rotatable bonds is 8. The van der Waals surface area contributed by atoms with Crippen molar-refractivity contribution in [1.29, 1.82) is 0 Å². The maximum Gasteiger partial charge on any atom is 0.00644 e. The lowest BCUT2D eigenvalue weighted by Gasteiger charge is -2.27. The Hall–Kier alpha value is -0.0800. The SMILES string of the molecule is CC(C)NCCCC(C)N(C)CC1CCCC1. The summed E-state index contributed by atoms with van der Waals surface area (Å²) < 4.78 is 0. The highest BCUT2D eigenvalue weighted by Gasteiger charge is 2.18. The molecule has 17 heavy (non-hydrogen) atoms. The Morgan fingerprint density at radius 1 is 1.18 bits per heavy atom. The number of nitrogens with zero attached hydrogens (tertiary/aromatic N) is 1. The van der Waals surface area contributed by atoms with Crippen LogP contribution in [0, 0.1) is 5.92 Å². The molecule has 0 heterocycles. The molecule has 1 N–H and O–H groups in total. The summed E-state index contributed by atoms with van der Waals surface area (Å²) in [6.45, 7) is 9.30. The average molecular weight is 240 g/mol. The molecule has 1 atom stereocenters. The van der Waals surface area contributed by atoms with Gasteiger partial charge in [0.05, 0.1) is 0 Å². The van der Waals surface area contributed by atoms with Crippen molar-refractivity contribution >= 4 is 0 Å². The van der Waals surface area contributed by atoms with E-state index in [1.165, 1.54) is 51.6 Å². The molecule has 0 aromatic carbocycles. The first-order valence-electron chi connectivity index (χ1n) is 7.53. The fraction of sp³-hybridized carbons (Fsp3) is 1.00. The van der Waals surface area contributed by atoms with Crippen molar-refractivity contribution in [3.05, 3.63) is 0 Å². The lowest BCUT2D eigenvalue weighted by Crippen LogP contribution is -2.34. The van der Waals surface area contributed by atoms with Gasteiger partial charge in [-0.3, -0.25) is 0 Å². The van der Waals surface area contributed by atoms with Crippen LogP contribution in [0.1, 0.15) is 59.3 Å². The molecule has 2 heteroatoms. The summed E-state index contributed by atoms with van der Waals surface area (Å²) in [5, 5.41) is 3.49. The van der Waals surface area contributed by atoms with E-state index in [0.717, 1.165) is 12.0 Å². The van der Waals surface area contributed by atoms with Crippen molar-refractivity contribution in [2.45, 2.75) is 71.4 Å². The molecule has 1 saturated carbocycles. The standard InChI is InChI=1S/C15H32N2/c1-13(2)16-11-7-8-14(3)17(4)12-15-9-5-6-10-15/h13-16H,5-12H2,1-4H3. The number of hydrogen-bond acceptors (Lipinski definition) is 2. The first kappa shape index (κ1) is 15.0. The minimum absolute atomic E-state index is 0.626. The third-order valence-corrected chi connectivity index (χ3v) is 4.12. The molecule has 0 radical (unpaired) electrons. The summed E-state index contributed by atoms with van der Waals surface area (Å²) in [5.74, 6) is 0.983.